The van der Waals surface area contributed by atoms with E-state index in [1.807, 2.05) is 0 Å². The van der Waals surface area contributed by atoms with E-state index in [9.17, 15) is 9.18 Å². The Morgan fingerprint density at radius 1 is 1.56 bits per heavy atom. The number of aryl methyl sites for hydroxylation is 1. The fraction of sp³-hybridized carbons (Fsp3) is 0.100. The second kappa shape index (κ2) is 4.65. The minimum absolute atomic E-state index is 0.182. The predicted molar refractivity (Wildman–Crippen MR) is 62.9 cm³/mol. The number of benzene rings is 1. The molecule has 0 aliphatic heterocycles. The highest BCUT2D eigenvalue weighted by Gasteiger charge is 2.15. The van der Waals surface area contributed by atoms with Crippen LogP contribution in [-0.4, -0.2) is 25.8 Å². The number of hydrogen-bond acceptors (Lipinski definition) is 5. The minimum atomic E-state index is -1.35. The maximum Gasteiger partial charge on any atom is 0.338 e. The van der Waals surface area contributed by atoms with Crippen molar-refractivity contribution in [1.29, 1.82) is 0 Å². The van der Waals surface area contributed by atoms with Gasteiger partial charge in [0.2, 0.25) is 0 Å². The van der Waals surface area contributed by atoms with Crippen LogP contribution in [0.15, 0.2) is 28.5 Å². The Morgan fingerprint density at radius 3 is 2.83 bits per heavy atom. The lowest BCUT2D eigenvalue weighted by Gasteiger charge is -2.06. The van der Waals surface area contributed by atoms with Crippen LogP contribution in [0.5, 0.6) is 0 Å². The van der Waals surface area contributed by atoms with Crippen LogP contribution in [0.2, 0.25) is 0 Å². The molecule has 0 atom stereocenters. The van der Waals surface area contributed by atoms with E-state index in [2.05, 4.69) is 10.1 Å². The fourth-order valence-corrected chi connectivity index (χ4v) is 2.12. The van der Waals surface area contributed by atoms with Crippen LogP contribution in [0.25, 0.3) is 0 Å². The zero-order valence-electron chi connectivity index (χ0n) is 9.29. The number of nitrogens with zero attached hydrogens (tertiary/aromatic N) is 3. The summed E-state index contributed by atoms with van der Waals surface area (Å²) in [5.41, 5.74) is 5.42. The monoisotopic (exact) mass is 268 g/mol. The molecule has 0 aliphatic carbocycles. The van der Waals surface area contributed by atoms with Gasteiger partial charge in [-0.2, -0.15) is 5.10 Å². The molecular weight excluding hydrogens is 259 g/mol. The molecule has 6 nitrogen and oxygen atoms in total. The highest BCUT2D eigenvalue weighted by atomic mass is 32.2. The average Bonchev–Trinajstić information content (AvgIpc) is 2.69. The van der Waals surface area contributed by atoms with E-state index in [0.717, 1.165) is 23.9 Å². The lowest BCUT2D eigenvalue weighted by atomic mass is 10.2. The van der Waals surface area contributed by atoms with Crippen molar-refractivity contribution in [2.24, 2.45) is 7.05 Å². The molecular formula is C10H9FN4O2S. The second-order valence-corrected chi connectivity index (χ2v) is 4.45. The number of carboxylic acid groups (broad SMARTS) is 1. The number of nitrogens with two attached hydrogens (primary N) is 1. The van der Waals surface area contributed by atoms with Gasteiger partial charge in [-0.15, -0.1) is 0 Å². The summed E-state index contributed by atoms with van der Waals surface area (Å²) >= 11 is 1.11. The van der Waals surface area contributed by atoms with Gasteiger partial charge in [0.15, 0.2) is 5.16 Å². The van der Waals surface area contributed by atoms with Crippen molar-refractivity contribution in [3.8, 4) is 0 Å². The molecule has 1 heterocycles. The number of carbonyl (C=O) groups is 1. The zero-order valence-corrected chi connectivity index (χ0v) is 10.1. The summed E-state index contributed by atoms with van der Waals surface area (Å²) in [4.78, 5) is 15.1. The molecule has 0 saturated heterocycles. The Morgan fingerprint density at radius 2 is 2.28 bits per heavy atom. The van der Waals surface area contributed by atoms with Gasteiger partial charge < -0.3 is 10.8 Å². The van der Waals surface area contributed by atoms with Gasteiger partial charge in [-0.3, -0.25) is 0 Å². The molecule has 0 unspecified atom stereocenters. The second-order valence-electron chi connectivity index (χ2n) is 3.44. The van der Waals surface area contributed by atoms with Crippen LogP contribution in [0.4, 0.5) is 10.1 Å². The largest absolute Gasteiger partial charge is 0.478 e. The molecule has 1 aromatic carbocycles. The third kappa shape index (κ3) is 2.28. The van der Waals surface area contributed by atoms with E-state index in [0.29, 0.717) is 10.1 Å². The Hall–Kier alpha value is -2.09. The Balaban J connectivity index is 2.38. The molecule has 1 aromatic heterocycles. The summed E-state index contributed by atoms with van der Waals surface area (Å²) < 4.78 is 15.0. The number of aromatic carboxylic acids is 1. The van der Waals surface area contributed by atoms with Crippen LogP contribution in [0.3, 0.4) is 0 Å². The van der Waals surface area contributed by atoms with Crippen molar-refractivity contribution in [1.82, 2.24) is 14.8 Å². The van der Waals surface area contributed by atoms with Gasteiger partial charge >= 0.3 is 5.97 Å². The van der Waals surface area contributed by atoms with Crippen molar-refractivity contribution in [2.75, 3.05) is 5.73 Å². The van der Waals surface area contributed by atoms with Crippen molar-refractivity contribution < 1.29 is 14.3 Å². The first-order chi connectivity index (χ1) is 8.49. The molecule has 0 saturated carbocycles. The molecule has 2 rings (SSSR count). The SMILES string of the molecule is Cn1ncnc1Sc1cc(F)c(C(=O)O)cc1N. The summed E-state index contributed by atoms with van der Waals surface area (Å²) in [6.45, 7) is 0. The Bertz CT molecular complexity index is 614. The quantitative estimate of drug-likeness (QED) is 0.817. The average molecular weight is 268 g/mol. The van der Waals surface area contributed by atoms with E-state index >= 15 is 0 Å². The number of aromatic nitrogens is 3. The lowest BCUT2D eigenvalue weighted by molar-refractivity contribution is 0.0692. The highest BCUT2D eigenvalue weighted by molar-refractivity contribution is 7.99. The van der Waals surface area contributed by atoms with Gasteiger partial charge in [-0.25, -0.2) is 18.9 Å². The molecule has 18 heavy (non-hydrogen) atoms. The first-order valence-electron chi connectivity index (χ1n) is 4.83. The molecule has 8 heteroatoms. The van der Waals surface area contributed by atoms with Gasteiger partial charge in [0.25, 0.3) is 0 Å². The number of nitrogen functional groups attached to an aromatic ring is 1. The minimum Gasteiger partial charge on any atom is -0.478 e. The third-order valence-electron chi connectivity index (χ3n) is 2.20. The first-order valence-corrected chi connectivity index (χ1v) is 5.65. The van der Waals surface area contributed by atoms with E-state index in [4.69, 9.17) is 10.8 Å². The summed E-state index contributed by atoms with van der Waals surface area (Å²) in [6.07, 6.45) is 1.36. The van der Waals surface area contributed by atoms with E-state index in [1.54, 1.807) is 7.05 Å². The van der Waals surface area contributed by atoms with Gasteiger partial charge in [-0.1, -0.05) is 0 Å². The van der Waals surface area contributed by atoms with Crippen molar-refractivity contribution in [2.45, 2.75) is 10.1 Å². The fourth-order valence-electron chi connectivity index (χ4n) is 1.30. The van der Waals surface area contributed by atoms with Crippen LogP contribution >= 0.6 is 11.8 Å². The maximum atomic E-state index is 13.5. The molecule has 0 fully saturated rings. The molecule has 2 aromatic rings. The summed E-state index contributed by atoms with van der Waals surface area (Å²) in [5, 5.41) is 13.2. The highest BCUT2D eigenvalue weighted by Crippen LogP contribution is 2.32. The topological polar surface area (TPSA) is 94.0 Å². The van der Waals surface area contributed by atoms with E-state index < -0.39 is 17.3 Å². The van der Waals surface area contributed by atoms with Gasteiger partial charge in [0, 0.05) is 17.6 Å². The number of hydrogen-bond donors (Lipinski definition) is 2. The maximum absolute atomic E-state index is 13.5. The summed E-state index contributed by atoms with van der Waals surface area (Å²) in [7, 11) is 1.69. The van der Waals surface area contributed by atoms with E-state index in [1.165, 1.54) is 11.0 Å². The molecule has 0 aliphatic rings. The van der Waals surface area contributed by atoms with Gasteiger partial charge in [-0.05, 0) is 23.9 Å². The summed E-state index contributed by atoms with van der Waals surface area (Å²) in [5.74, 6) is -2.18. The molecule has 0 amide bonds. The number of halogens is 1. The predicted octanol–water partition coefficient (Wildman–Crippen LogP) is 1.39. The van der Waals surface area contributed by atoms with Crippen molar-refractivity contribution in [3.63, 3.8) is 0 Å². The van der Waals surface area contributed by atoms with Gasteiger partial charge in [0.1, 0.15) is 12.1 Å². The Kier molecular flexibility index (Phi) is 3.19. The van der Waals surface area contributed by atoms with Gasteiger partial charge in [0.05, 0.1) is 5.56 Å². The molecule has 3 N–H and O–H groups in total. The van der Waals surface area contributed by atoms with Crippen LogP contribution in [0, 0.1) is 5.82 Å². The molecule has 0 spiro atoms. The normalized spacial score (nSPS) is 10.6. The molecule has 0 bridgehead atoms. The number of anilines is 1. The molecule has 94 valence electrons. The zero-order chi connectivity index (χ0) is 13.3. The molecule has 0 radical (unpaired) electrons. The van der Waals surface area contributed by atoms with Crippen molar-refractivity contribution >= 4 is 23.4 Å². The van der Waals surface area contributed by atoms with Crippen LogP contribution in [0.1, 0.15) is 10.4 Å². The van der Waals surface area contributed by atoms with Crippen molar-refractivity contribution in [3.05, 3.63) is 29.8 Å². The smallest absolute Gasteiger partial charge is 0.338 e. The third-order valence-corrected chi connectivity index (χ3v) is 3.33. The number of rotatable bonds is 3. The summed E-state index contributed by atoms with van der Waals surface area (Å²) in [6, 6.07) is 2.18. The van der Waals surface area contributed by atoms with Crippen LogP contribution < -0.4 is 5.73 Å². The van der Waals surface area contributed by atoms with Crippen LogP contribution in [-0.2, 0) is 7.05 Å². The Labute approximate surface area is 106 Å². The number of carboxylic acids is 1. The lowest BCUT2D eigenvalue weighted by Crippen LogP contribution is -2.03. The standard InChI is InChI=1S/C10H9FN4O2S/c1-15-10(13-4-14-15)18-8-3-6(11)5(9(16)17)2-7(8)12/h2-4H,12H2,1H3,(H,16,17). The first kappa shape index (κ1) is 12.4. The van der Waals surface area contributed by atoms with E-state index in [-0.39, 0.29) is 5.69 Å².